The number of hydrogen-bond acceptors (Lipinski definition) is 6. The van der Waals surface area contributed by atoms with Crippen molar-refractivity contribution in [3.63, 3.8) is 0 Å². The first kappa shape index (κ1) is 23.4. The Morgan fingerprint density at radius 1 is 1.03 bits per heavy atom. The molecule has 0 aromatic heterocycles. The summed E-state index contributed by atoms with van der Waals surface area (Å²) >= 11 is 0.803. The summed E-state index contributed by atoms with van der Waals surface area (Å²) in [5.41, 5.74) is 3.30. The Kier molecular flexibility index (Phi) is 7.58. The first-order valence-electron chi connectivity index (χ1n) is 10.3. The molecular weight excluding hydrogens is 428 g/mol. The number of anilines is 1. The molecule has 2 aromatic rings. The van der Waals surface area contributed by atoms with E-state index in [0.29, 0.717) is 36.0 Å². The minimum absolute atomic E-state index is 0.235. The average molecular weight is 455 g/mol. The lowest BCUT2D eigenvalue weighted by molar-refractivity contribution is -0.127. The van der Waals surface area contributed by atoms with Gasteiger partial charge in [0.15, 0.2) is 0 Å². The van der Waals surface area contributed by atoms with Gasteiger partial charge in [-0.2, -0.15) is 0 Å². The standard InChI is InChI=1S/C24H26N2O5S/c1-5-30-19-8-7-17(20(13-19)31-6-2)12-21-23(28)26(24(29)32-21)14-22(27)25-18-10-15(3)9-16(4)11-18/h7-13H,5-6,14H2,1-4H3,(H,25,27)/b21-12+. The van der Waals surface area contributed by atoms with E-state index in [4.69, 9.17) is 9.47 Å². The molecule has 3 rings (SSSR count). The summed E-state index contributed by atoms with van der Waals surface area (Å²) < 4.78 is 11.2. The highest BCUT2D eigenvalue weighted by Crippen LogP contribution is 2.35. The quantitative estimate of drug-likeness (QED) is 0.578. The van der Waals surface area contributed by atoms with E-state index in [1.807, 2.05) is 45.9 Å². The zero-order valence-corrected chi connectivity index (χ0v) is 19.4. The molecule has 3 amide bonds. The molecule has 0 radical (unpaired) electrons. The number of benzene rings is 2. The molecule has 32 heavy (non-hydrogen) atoms. The van der Waals surface area contributed by atoms with Crippen LogP contribution in [0.3, 0.4) is 0 Å². The van der Waals surface area contributed by atoms with E-state index in [-0.39, 0.29) is 11.4 Å². The molecule has 168 valence electrons. The molecule has 1 saturated heterocycles. The predicted molar refractivity (Wildman–Crippen MR) is 126 cm³/mol. The number of amides is 3. The topological polar surface area (TPSA) is 84.9 Å². The molecule has 0 atom stereocenters. The third-order valence-electron chi connectivity index (χ3n) is 4.56. The first-order chi connectivity index (χ1) is 15.3. The van der Waals surface area contributed by atoms with Gasteiger partial charge in [0, 0.05) is 17.3 Å². The van der Waals surface area contributed by atoms with Crippen molar-refractivity contribution in [3.8, 4) is 11.5 Å². The Hall–Kier alpha value is -3.26. The molecule has 0 aliphatic carbocycles. The molecule has 0 unspecified atom stereocenters. The van der Waals surface area contributed by atoms with Crippen LogP contribution in [0.2, 0.25) is 0 Å². The van der Waals surface area contributed by atoms with Gasteiger partial charge in [0.05, 0.1) is 18.1 Å². The summed E-state index contributed by atoms with van der Waals surface area (Å²) in [4.78, 5) is 38.9. The normalized spacial score (nSPS) is 14.8. The van der Waals surface area contributed by atoms with E-state index >= 15 is 0 Å². The molecular formula is C24H26N2O5S. The second kappa shape index (κ2) is 10.4. The van der Waals surface area contributed by atoms with E-state index in [2.05, 4.69) is 5.32 Å². The number of nitrogens with one attached hydrogen (secondary N) is 1. The SMILES string of the molecule is CCOc1ccc(/C=C2/SC(=O)N(CC(=O)Nc3cc(C)cc(C)c3)C2=O)c(OCC)c1. The molecule has 1 aliphatic heterocycles. The summed E-state index contributed by atoms with van der Waals surface area (Å²) in [7, 11) is 0. The zero-order chi connectivity index (χ0) is 23.3. The van der Waals surface area contributed by atoms with Crippen LogP contribution >= 0.6 is 11.8 Å². The molecule has 1 aliphatic rings. The Morgan fingerprint density at radius 2 is 1.72 bits per heavy atom. The van der Waals surface area contributed by atoms with Gasteiger partial charge >= 0.3 is 0 Å². The lowest BCUT2D eigenvalue weighted by atomic mass is 10.1. The minimum Gasteiger partial charge on any atom is -0.494 e. The first-order valence-corrected chi connectivity index (χ1v) is 11.2. The van der Waals surface area contributed by atoms with Crippen molar-refractivity contribution in [2.45, 2.75) is 27.7 Å². The molecule has 2 aromatic carbocycles. The van der Waals surface area contributed by atoms with Crippen molar-refractivity contribution >= 4 is 40.6 Å². The third kappa shape index (κ3) is 5.70. The van der Waals surface area contributed by atoms with E-state index in [0.717, 1.165) is 27.8 Å². The second-order valence-corrected chi connectivity index (χ2v) is 8.25. The van der Waals surface area contributed by atoms with E-state index in [9.17, 15) is 14.4 Å². The van der Waals surface area contributed by atoms with Crippen LogP contribution in [0.5, 0.6) is 11.5 Å². The van der Waals surface area contributed by atoms with Gasteiger partial charge in [-0.05, 0) is 80.9 Å². The fourth-order valence-electron chi connectivity index (χ4n) is 3.34. The molecule has 0 bridgehead atoms. The van der Waals surface area contributed by atoms with Crippen LogP contribution < -0.4 is 14.8 Å². The molecule has 8 heteroatoms. The summed E-state index contributed by atoms with van der Waals surface area (Å²) in [5.74, 6) is 0.267. The lowest BCUT2D eigenvalue weighted by Crippen LogP contribution is -2.36. The van der Waals surface area contributed by atoms with Crippen molar-refractivity contribution in [1.82, 2.24) is 4.90 Å². The van der Waals surface area contributed by atoms with Gasteiger partial charge in [0.1, 0.15) is 18.0 Å². The van der Waals surface area contributed by atoms with Crippen LogP contribution in [0.1, 0.15) is 30.5 Å². The number of carbonyl (C=O) groups is 3. The van der Waals surface area contributed by atoms with Gasteiger partial charge in [0.2, 0.25) is 5.91 Å². The van der Waals surface area contributed by atoms with Gasteiger partial charge in [-0.1, -0.05) is 6.07 Å². The lowest BCUT2D eigenvalue weighted by Gasteiger charge is -2.13. The average Bonchev–Trinajstić information content (AvgIpc) is 2.97. The molecule has 0 spiro atoms. The number of ether oxygens (including phenoxy) is 2. The number of carbonyl (C=O) groups excluding carboxylic acids is 3. The fraction of sp³-hybridized carbons (Fsp3) is 0.292. The van der Waals surface area contributed by atoms with Crippen LogP contribution in [-0.2, 0) is 9.59 Å². The van der Waals surface area contributed by atoms with Crippen molar-refractivity contribution in [3.05, 3.63) is 58.0 Å². The molecule has 7 nitrogen and oxygen atoms in total. The van der Waals surface area contributed by atoms with Crippen molar-refractivity contribution in [1.29, 1.82) is 0 Å². The minimum atomic E-state index is -0.507. The summed E-state index contributed by atoms with van der Waals surface area (Å²) in [5, 5.41) is 2.27. The van der Waals surface area contributed by atoms with Crippen LogP contribution in [0.15, 0.2) is 41.3 Å². The molecule has 1 N–H and O–H groups in total. The van der Waals surface area contributed by atoms with Crippen LogP contribution in [0.4, 0.5) is 10.5 Å². The van der Waals surface area contributed by atoms with Crippen molar-refractivity contribution in [2.24, 2.45) is 0 Å². The zero-order valence-electron chi connectivity index (χ0n) is 18.6. The molecule has 0 saturated carbocycles. The summed E-state index contributed by atoms with van der Waals surface area (Å²) in [6.07, 6.45) is 1.60. The number of aryl methyl sites for hydroxylation is 2. The predicted octanol–water partition coefficient (Wildman–Crippen LogP) is 4.78. The van der Waals surface area contributed by atoms with Gasteiger partial charge in [0.25, 0.3) is 11.1 Å². The summed E-state index contributed by atoms with van der Waals surface area (Å²) in [6, 6.07) is 11.0. The fourth-order valence-corrected chi connectivity index (χ4v) is 4.17. The van der Waals surface area contributed by atoms with E-state index < -0.39 is 17.1 Å². The number of imide groups is 1. The third-order valence-corrected chi connectivity index (χ3v) is 5.47. The van der Waals surface area contributed by atoms with Gasteiger partial charge in [-0.15, -0.1) is 0 Å². The maximum absolute atomic E-state index is 12.8. The highest BCUT2D eigenvalue weighted by atomic mass is 32.2. The maximum atomic E-state index is 12.8. The number of nitrogens with zero attached hydrogens (tertiary/aromatic N) is 1. The van der Waals surface area contributed by atoms with Gasteiger partial charge < -0.3 is 14.8 Å². The van der Waals surface area contributed by atoms with E-state index in [1.165, 1.54) is 0 Å². The van der Waals surface area contributed by atoms with Crippen LogP contribution in [0, 0.1) is 13.8 Å². The van der Waals surface area contributed by atoms with Crippen molar-refractivity contribution < 1.29 is 23.9 Å². The molecule has 1 fully saturated rings. The van der Waals surface area contributed by atoms with Gasteiger partial charge in [-0.3, -0.25) is 19.3 Å². The van der Waals surface area contributed by atoms with Crippen LogP contribution in [0.25, 0.3) is 6.08 Å². The summed E-state index contributed by atoms with van der Waals surface area (Å²) in [6.45, 7) is 8.23. The van der Waals surface area contributed by atoms with Crippen molar-refractivity contribution in [2.75, 3.05) is 25.1 Å². The monoisotopic (exact) mass is 454 g/mol. The Labute approximate surface area is 191 Å². The second-order valence-electron chi connectivity index (χ2n) is 7.26. The smallest absolute Gasteiger partial charge is 0.294 e. The highest BCUT2D eigenvalue weighted by molar-refractivity contribution is 8.18. The van der Waals surface area contributed by atoms with Gasteiger partial charge in [-0.25, -0.2) is 0 Å². The van der Waals surface area contributed by atoms with Crippen LogP contribution in [-0.4, -0.2) is 41.7 Å². The number of hydrogen-bond donors (Lipinski definition) is 1. The maximum Gasteiger partial charge on any atom is 0.294 e. The Bertz CT molecular complexity index is 1060. The van der Waals surface area contributed by atoms with E-state index in [1.54, 1.807) is 24.3 Å². The number of thioether (sulfide) groups is 1. The number of rotatable bonds is 8. The molecule has 1 heterocycles. The Balaban J connectivity index is 1.75. The largest absolute Gasteiger partial charge is 0.494 e. The Morgan fingerprint density at radius 3 is 2.38 bits per heavy atom. The highest BCUT2D eigenvalue weighted by Gasteiger charge is 2.36.